The average Bonchev–Trinajstić information content (AvgIpc) is 2.33. The van der Waals surface area contributed by atoms with Crippen molar-refractivity contribution in [2.75, 3.05) is 0 Å². The Balaban J connectivity index is 2.40. The third-order valence-corrected chi connectivity index (χ3v) is 2.53. The monoisotopic (exact) mass is 231 g/mol. The predicted molar refractivity (Wildman–Crippen MR) is 65.5 cm³/mol. The van der Waals surface area contributed by atoms with Crippen molar-refractivity contribution in [3.63, 3.8) is 0 Å². The Morgan fingerprint density at radius 3 is 2.44 bits per heavy atom. The molecule has 0 aliphatic carbocycles. The fourth-order valence-electron chi connectivity index (χ4n) is 1.46. The second-order valence-electron chi connectivity index (χ2n) is 3.23. The van der Waals surface area contributed by atoms with E-state index in [2.05, 4.69) is 0 Å². The molecule has 16 heavy (non-hydrogen) atoms. The van der Waals surface area contributed by atoms with E-state index in [-0.39, 0.29) is 0 Å². The molecule has 0 heterocycles. The maximum Gasteiger partial charge on any atom is 0.569 e. The molecule has 2 aromatic carbocycles. The summed E-state index contributed by atoms with van der Waals surface area (Å²) in [5, 5.41) is 9.06. The molecule has 0 spiro atoms. The zero-order valence-corrected chi connectivity index (χ0v) is 9.19. The van der Waals surface area contributed by atoms with Gasteiger partial charge in [0.25, 0.3) is 0 Å². The van der Waals surface area contributed by atoms with Crippen LogP contribution in [-0.4, -0.2) is 12.7 Å². The first-order valence-corrected chi connectivity index (χ1v) is 5.16. The van der Waals surface area contributed by atoms with Crippen molar-refractivity contribution in [2.24, 2.45) is 0 Å². The van der Waals surface area contributed by atoms with Gasteiger partial charge in [0.05, 0.1) is 5.02 Å². The molecule has 0 amide bonds. The van der Waals surface area contributed by atoms with Gasteiger partial charge in [-0.15, -0.1) is 0 Å². The van der Waals surface area contributed by atoms with E-state index in [1.807, 2.05) is 36.4 Å². The Bertz CT molecular complexity index is 474. The van der Waals surface area contributed by atoms with Crippen molar-refractivity contribution in [1.29, 1.82) is 0 Å². The van der Waals surface area contributed by atoms with Crippen molar-refractivity contribution in [1.82, 2.24) is 0 Å². The minimum Gasteiger partial charge on any atom is -0.536 e. The molecule has 0 aromatic heterocycles. The summed E-state index contributed by atoms with van der Waals surface area (Å²) in [4.78, 5) is 0. The fraction of sp³-hybridized carbons (Fsp3) is 0. The van der Waals surface area contributed by atoms with Crippen LogP contribution in [0.2, 0.25) is 5.02 Å². The summed E-state index contributed by atoms with van der Waals surface area (Å²) >= 11 is 5.91. The van der Waals surface area contributed by atoms with Crippen molar-refractivity contribution >= 4 is 19.3 Å². The van der Waals surface area contributed by atoms with Crippen LogP contribution in [0.4, 0.5) is 0 Å². The fourth-order valence-corrected chi connectivity index (χ4v) is 1.62. The van der Waals surface area contributed by atoms with Crippen LogP contribution in [0, 0.1) is 0 Å². The first-order valence-electron chi connectivity index (χ1n) is 4.79. The van der Waals surface area contributed by atoms with E-state index >= 15 is 0 Å². The van der Waals surface area contributed by atoms with Crippen LogP contribution >= 0.6 is 11.6 Å². The highest BCUT2D eigenvalue weighted by Crippen LogP contribution is 2.30. The molecule has 0 bridgehead atoms. The highest BCUT2D eigenvalue weighted by atomic mass is 35.5. The summed E-state index contributed by atoms with van der Waals surface area (Å²) in [6, 6.07) is 15.3. The van der Waals surface area contributed by atoms with Crippen molar-refractivity contribution in [3.05, 3.63) is 53.6 Å². The summed E-state index contributed by atoms with van der Waals surface area (Å²) in [6.45, 7) is 0. The molecule has 4 heteroatoms. The number of hydrogen-bond acceptors (Lipinski definition) is 2. The Labute approximate surface area is 99.8 Å². The molecule has 0 atom stereocenters. The van der Waals surface area contributed by atoms with Crippen LogP contribution in [0.1, 0.15) is 0 Å². The minimum atomic E-state index is 0.436. The van der Waals surface area contributed by atoms with Gasteiger partial charge in [-0.2, -0.15) is 0 Å². The van der Waals surface area contributed by atoms with Gasteiger partial charge in [0.1, 0.15) is 5.75 Å². The standard InChI is InChI=1S/C12H9BClO2/c14-11-7-6-10(8-12(11)16-13-15)9-4-2-1-3-5-9/h1-8,15H. The molecule has 2 aromatic rings. The van der Waals surface area contributed by atoms with Gasteiger partial charge in [0.15, 0.2) is 0 Å². The normalized spacial score (nSPS) is 9.88. The molecule has 0 saturated carbocycles. The Morgan fingerprint density at radius 1 is 1.00 bits per heavy atom. The molecule has 1 radical (unpaired) electrons. The molecule has 1 N–H and O–H groups in total. The largest absolute Gasteiger partial charge is 0.569 e. The summed E-state index contributed by atoms with van der Waals surface area (Å²) in [5.41, 5.74) is 2.06. The Hall–Kier alpha value is -1.45. The molecule has 0 fully saturated rings. The summed E-state index contributed by atoms with van der Waals surface area (Å²) in [5.74, 6) is 0.436. The molecule has 0 unspecified atom stereocenters. The van der Waals surface area contributed by atoms with Crippen LogP contribution < -0.4 is 4.65 Å². The second-order valence-corrected chi connectivity index (χ2v) is 3.64. The molecular weight excluding hydrogens is 222 g/mol. The van der Waals surface area contributed by atoms with Crippen LogP contribution in [-0.2, 0) is 0 Å². The third-order valence-electron chi connectivity index (χ3n) is 2.22. The van der Waals surface area contributed by atoms with Gasteiger partial charge in [-0.05, 0) is 23.3 Å². The van der Waals surface area contributed by atoms with Gasteiger partial charge < -0.3 is 9.68 Å². The molecular formula is C12H9BClO2. The van der Waals surface area contributed by atoms with Gasteiger partial charge in [-0.3, -0.25) is 0 Å². The van der Waals surface area contributed by atoms with E-state index in [0.29, 0.717) is 18.5 Å². The first-order chi connectivity index (χ1) is 7.81. The van der Waals surface area contributed by atoms with Crippen molar-refractivity contribution in [3.8, 4) is 16.9 Å². The highest BCUT2D eigenvalue weighted by molar-refractivity contribution is 6.32. The maximum absolute atomic E-state index is 8.60. The van der Waals surface area contributed by atoms with E-state index < -0.39 is 0 Å². The lowest BCUT2D eigenvalue weighted by molar-refractivity contribution is 0.454. The van der Waals surface area contributed by atoms with E-state index in [0.717, 1.165) is 11.1 Å². The van der Waals surface area contributed by atoms with E-state index in [1.165, 1.54) is 0 Å². The lowest BCUT2D eigenvalue weighted by atomic mass is 10.1. The van der Waals surface area contributed by atoms with Gasteiger partial charge >= 0.3 is 7.69 Å². The predicted octanol–water partition coefficient (Wildman–Crippen LogP) is 2.91. The summed E-state index contributed by atoms with van der Waals surface area (Å²) in [6.07, 6.45) is 0. The van der Waals surface area contributed by atoms with E-state index in [1.54, 1.807) is 12.1 Å². The number of halogens is 1. The van der Waals surface area contributed by atoms with E-state index in [4.69, 9.17) is 21.3 Å². The van der Waals surface area contributed by atoms with E-state index in [9.17, 15) is 0 Å². The highest BCUT2D eigenvalue weighted by Gasteiger charge is 2.04. The summed E-state index contributed by atoms with van der Waals surface area (Å²) < 4.78 is 4.90. The average molecular weight is 231 g/mol. The number of benzene rings is 2. The third kappa shape index (κ3) is 2.38. The molecule has 0 aliphatic rings. The topological polar surface area (TPSA) is 29.5 Å². The lowest BCUT2D eigenvalue weighted by Crippen LogP contribution is -2.00. The lowest BCUT2D eigenvalue weighted by Gasteiger charge is -2.07. The second kappa shape index (κ2) is 5.06. The van der Waals surface area contributed by atoms with Gasteiger partial charge in [-0.1, -0.05) is 48.0 Å². The molecule has 0 aliphatic heterocycles. The van der Waals surface area contributed by atoms with Crippen molar-refractivity contribution in [2.45, 2.75) is 0 Å². The quantitative estimate of drug-likeness (QED) is 0.823. The maximum atomic E-state index is 8.60. The summed E-state index contributed by atoms with van der Waals surface area (Å²) in [7, 11) is 0.621. The van der Waals surface area contributed by atoms with Crippen LogP contribution in [0.25, 0.3) is 11.1 Å². The molecule has 79 valence electrons. The first kappa shape index (κ1) is 11.1. The number of rotatable bonds is 3. The minimum absolute atomic E-state index is 0.436. The smallest absolute Gasteiger partial charge is 0.536 e. The van der Waals surface area contributed by atoms with Gasteiger partial charge in [-0.25, -0.2) is 0 Å². The van der Waals surface area contributed by atoms with Crippen LogP contribution in [0.15, 0.2) is 48.5 Å². The zero-order chi connectivity index (χ0) is 11.4. The SMILES string of the molecule is O[B]Oc1cc(-c2ccccc2)ccc1Cl. The van der Waals surface area contributed by atoms with Crippen LogP contribution in [0.5, 0.6) is 5.75 Å². The Kier molecular flexibility index (Phi) is 3.49. The van der Waals surface area contributed by atoms with Gasteiger partial charge in [0, 0.05) is 0 Å². The van der Waals surface area contributed by atoms with Crippen molar-refractivity contribution < 1.29 is 9.68 Å². The molecule has 2 nitrogen and oxygen atoms in total. The van der Waals surface area contributed by atoms with Crippen LogP contribution in [0.3, 0.4) is 0 Å². The Morgan fingerprint density at radius 2 is 1.75 bits per heavy atom. The zero-order valence-electron chi connectivity index (χ0n) is 8.43. The van der Waals surface area contributed by atoms with Gasteiger partial charge in [0.2, 0.25) is 0 Å². The molecule has 2 rings (SSSR count). The number of hydrogen-bond donors (Lipinski definition) is 1. The molecule has 0 saturated heterocycles.